The number of likely N-dealkylation sites (N-methyl/N-ethyl adjacent to an activating group) is 1. The monoisotopic (exact) mass is 221 g/mol. The first kappa shape index (κ1) is 13.0. The third kappa shape index (κ3) is 3.53. The Morgan fingerprint density at radius 1 is 1.25 bits per heavy atom. The van der Waals surface area contributed by atoms with Crippen molar-refractivity contribution in [1.82, 2.24) is 5.32 Å². The average molecular weight is 221 g/mol. The third-order valence-corrected chi connectivity index (χ3v) is 2.88. The summed E-state index contributed by atoms with van der Waals surface area (Å²) in [5.74, 6) is 0.992. The molecule has 0 saturated heterocycles. The number of rotatable bonds is 6. The maximum Gasteiger partial charge on any atom is 0.122 e. The van der Waals surface area contributed by atoms with Crippen molar-refractivity contribution in [3.05, 3.63) is 29.8 Å². The lowest BCUT2D eigenvalue weighted by atomic mass is 10.1. The molecule has 2 unspecified atom stereocenters. The zero-order valence-electron chi connectivity index (χ0n) is 10.8. The summed E-state index contributed by atoms with van der Waals surface area (Å²) < 4.78 is 5.99. The van der Waals surface area contributed by atoms with Gasteiger partial charge in [0.25, 0.3) is 0 Å². The Morgan fingerprint density at radius 3 is 2.50 bits per heavy atom. The number of nitrogens with one attached hydrogen (secondary N) is 1. The van der Waals surface area contributed by atoms with E-state index in [4.69, 9.17) is 4.74 Å². The summed E-state index contributed by atoms with van der Waals surface area (Å²) in [7, 11) is 0. The van der Waals surface area contributed by atoms with E-state index in [0.29, 0.717) is 6.04 Å². The standard InChI is InChI=1S/C14H23NO/c1-5-13(15-6-2)12(4)16-14-10-8-7-9-11(14)3/h7-10,12-13,15H,5-6H2,1-4H3. The normalized spacial score (nSPS) is 14.5. The third-order valence-electron chi connectivity index (χ3n) is 2.88. The molecule has 2 nitrogen and oxygen atoms in total. The smallest absolute Gasteiger partial charge is 0.122 e. The van der Waals surface area contributed by atoms with Gasteiger partial charge in [0.15, 0.2) is 0 Å². The Labute approximate surface area is 99.0 Å². The predicted octanol–water partition coefficient (Wildman–Crippen LogP) is 3.15. The van der Waals surface area contributed by atoms with Gasteiger partial charge in [-0.15, -0.1) is 0 Å². The molecule has 2 heteroatoms. The number of hydrogen-bond donors (Lipinski definition) is 1. The van der Waals surface area contributed by atoms with E-state index < -0.39 is 0 Å². The average Bonchev–Trinajstić information content (AvgIpc) is 2.29. The van der Waals surface area contributed by atoms with E-state index in [1.807, 2.05) is 18.2 Å². The highest BCUT2D eigenvalue weighted by atomic mass is 16.5. The highest BCUT2D eigenvalue weighted by Crippen LogP contribution is 2.19. The van der Waals surface area contributed by atoms with Crippen molar-refractivity contribution in [2.45, 2.75) is 46.3 Å². The van der Waals surface area contributed by atoms with Gasteiger partial charge in [-0.2, -0.15) is 0 Å². The molecule has 0 aromatic heterocycles. The minimum absolute atomic E-state index is 0.200. The van der Waals surface area contributed by atoms with Gasteiger partial charge in [0, 0.05) is 6.04 Å². The van der Waals surface area contributed by atoms with E-state index in [2.05, 4.69) is 39.1 Å². The molecule has 0 spiro atoms. The lowest BCUT2D eigenvalue weighted by molar-refractivity contribution is 0.167. The zero-order chi connectivity index (χ0) is 12.0. The molecule has 0 bridgehead atoms. The quantitative estimate of drug-likeness (QED) is 0.796. The predicted molar refractivity (Wildman–Crippen MR) is 69.0 cm³/mol. The molecular formula is C14H23NO. The van der Waals surface area contributed by atoms with Crippen LogP contribution in [0.3, 0.4) is 0 Å². The van der Waals surface area contributed by atoms with Crippen LogP contribution in [0.4, 0.5) is 0 Å². The Balaban J connectivity index is 2.62. The molecule has 0 saturated carbocycles. The molecule has 0 heterocycles. The van der Waals surface area contributed by atoms with Gasteiger partial charge in [-0.25, -0.2) is 0 Å². The SMILES string of the molecule is CCNC(CC)C(C)Oc1ccccc1C. The Morgan fingerprint density at radius 2 is 1.94 bits per heavy atom. The van der Waals surface area contributed by atoms with Crippen molar-refractivity contribution < 1.29 is 4.74 Å². The van der Waals surface area contributed by atoms with Crippen LogP contribution in [0, 0.1) is 6.92 Å². The first-order chi connectivity index (χ1) is 7.69. The topological polar surface area (TPSA) is 21.3 Å². The van der Waals surface area contributed by atoms with E-state index >= 15 is 0 Å². The molecular weight excluding hydrogens is 198 g/mol. The summed E-state index contributed by atoms with van der Waals surface area (Å²) in [4.78, 5) is 0. The fraction of sp³-hybridized carbons (Fsp3) is 0.571. The van der Waals surface area contributed by atoms with E-state index in [-0.39, 0.29) is 6.10 Å². The summed E-state index contributed by atoms with van der Waals surface area (Å²) in [5.41, 5.74) is 1.20. The summed E-state index contributed by atoms with van der Waals surface area (Å²) in [6, 6.07) is 8.59. The van der Waals surface area contributed by atoms with Crippen molar-refractivity contribution >= 4 is 0 Å². The highest BCUT2D eigenvalue weighted by molar-refractivity contribution is 5.31. The Hall–Kier alpha value is -1.02. The molecule has 2 atom stereocenters. The molecule has 0 aliphatic rings. The second kappa shape index (κ2) is 6.54. The number of hydrogen-bond acceptors (Lipinski definition) is 2. The van der Waals surface area contributed by atoms with Gasteiger partial charge in [0.05, 0.1) is 0 Å². The number of para-hydroxylation sites is 1. The van der Waals surface area contributed by atoms with Gasteiger partial charge in [-0.05, 0) is 38.4 Å². The molecule has 1 N–H and O–H groups in total. The molecule has 90 valence electrons. The van der Waals surface area contributed by atoms with E-state index in [9.17, 15) is 0 Å². The molecule has 16 heavy (non-hydrogen) atoms. The fourth-order valence-corrected chi connectivity index (χ4v) is 1.88. The van der Waals surface area contributed by atoms with Crippen LogP contribution in [0.1, 0.15) is 32.8 Å². The van der Waals surface area contributed by atoms with Crippen LogP contribution >= 0.6 is 0 Å². The second-order valence-corrected chi connectivity index (χ2v) is 4.16. The van der Waals surface area contributed by atoms with Gasteiger partial charge in [0.1, 0.15) is 11.9 Å². The van der Waals surface area contributed by atoms with Crippen LogP contribution in [-0.2, 0) is 0 Å². The first-order valence-corrected chi connectivity index (χ1v) is 6.14. The number of benzene rings is 1. The Kier molecular flexibility index (Phi) is 5.33. The van der Waals surface area contributed by atoms with Gasteiger partial charge in [0.2, 0.25) is 0 Å². The van der Waals surface area contributed by atoms with Gasteiger partial charge in [-0.1, -0.05) is 32.0 Å². The highest BCUT2D eigenvalue weighted by Gasteiger charge is 2.16. The van der Waals surface area contributed by atoms with Crippen LogP contribution in [0.5, 0.6) is 5.75 Å². The molecule has 0 aliphatic heterocycles. The maximum absolute atomic E-state index is 5.99. The second-order valence-electron chi connectivity index (χ2n) is 4.16. The molecule has 0 fully saturated rings. The summed E-state index contributed by atoms with van der Waals surface area (Å²) in [6.45, 7) is 9.51. The molecule has 1 rings (SSSR count). The molecule has 0 radical (unpaired) electrons. The zero-order valence-corrected chi connectivity index (χ0v) is 10.8. The largest absolute Gasteiger partial charge is 0.489 e. The first-order valence-electron chi connectivity index (χ1n) is 6.14. The molecule has 0 aliphatic carbocycles. The minimum atomic E-state index is 0.200. The fourth-order valence-electron chi connectivity index (χ4n) is 1.88. The Bertz CT molecular complexity index is 311. The van der Waals surface area contributed by atoms with E-state index in [0.717, 1.165) is 18.7 Å². The molecule has 1 aromatic rings. The minimum Gasteiger partial charge on any atom is -0.489 e. The van der Waals surface area contributed by atoms with Crippen molar-refractivity contribution in [1.29, 1.82) is 0 Å². The summed E-state index contributed by atoms with van der Waals surface area (Å²) in [6.07, 6.45) is 1.28. The van der Waals surface area contributed by atoms with Crippen molar-refractivity contribution in [2.24, 2.45) is 0 Å². The summed E-state index contributed by atoms with van der Waals surface area (Å²) >= 11 is 0. The lowest BCUT2D eigenvalue weighted by Gasteiger charge is -2.25. The van der Waals surface area contributed by atoms with Gasteiger partial charge in [-0.3, -0.25) is 0 Å². The van der Waals surface area contributed by atoms with E-state index in [1.165, 1.54) is 5.56 Å². The van der Waals surface area contributed by atoms with Crippen molar-refractivity contribution in [2.75, 3.05) is 6.54 Å². The van der Waals surface area contributed by atoms with Crippen LogP contribution < -0.4 is 10.1 Å². The number of aryl methyl sites for hydroxylation is 1. The van der Waals surface area contributed by atoms with Crippen LogP contribution in [0.25, 0.3) is 0 Å². The lowest BCUT2D eigenvalue weighted by Crippen LogP contribution is -2.40. The van der Waals surface area contributed by atoms with Gasteiger partial charge >= 0.3 is 0 Å². The van der Waals surface area contributed by atoms with Crippen LogP contribution in [0.2, 0.25) is 0 Å². The van der Waals surface area contributed by atoms with Crippen molar-refractivity contribution in [3.63, 3.8) is 0 Å². The van der Waals surface area contributed by atoms with Crippen LogP contribution in [0.15, 0.2) is 24.3 Å². The van der Waals surface area contributed by atoms with Crippen LogP contribution in [-0.4, -0.2) is 18.7 Å². The maximum atomic E-state index is 5.99. The van der Waals surface area contributed by atoms with Crippen molar-refractivity contribution in [3.8, 4) is 5.75 Å². The molecule has 1 aromatic carbocycles. The number of ether oxygens (including phenoxy) is 1. The van der Waals surface area contributed by atoms with E-state index in [1.54, 1.807) is 0 Å². The summed E-state index contributed by atoms with van der Waals surface area (Å²) in [5, 5.41) is 3.45. The van der Waals surface area contributed by atoms with Gasteiger partial charge < -0.3 is 10.1 Å². The molecule has 0 amide bonds.